The van der Waals surface area contributed by atoms with E-state index in [1.54, 1.807) is 12.4 Å². The number of aromatic nitrogens is 4. The third-order valence-corrected chi connectivity index (χ3v) is 1.91. The normalized spacial score (nSPS) is 9.82. The summed E-state index contributed by atoms with van der Waals surface area (Å²) in [7, 11) is 0. The van der Waals surface area contributed by atoms with E-state index in [1.807, 2.05) is 6.07 Å². The highest BCUT2D eigenvalue weighted by Gasteiger charge is 1.98. The third-order valence-electron chi connectivity index (χ3n) is 1.19. The Labute approximate surface area is 67.1 Å². The molecule has 0 radical (unpaired) electrons. The van der Waals surface area contributed by atoms with Crippen molar-refractivity contribution < 1.29 is 0 Å². The van der Waals surface area contributed by atoms with Crippen molar-refractivity contribution in [1.82, 2.24) is 19.6 Å². The van der Waals surface area contributed by atoms with Crippen molar-refractivity contribution in [1.29, 1.82) is 0 Å². The molecular weight excluding hydrogens is 160 g/mol. The van der Waals surface area contributed by atoms with Crippen LogP contribution in [0.4, 0.5) is 0 Å². The van der Waals surface area contributed by atoms with Gasteiger partial charge in [0.1, 0.15) is 11.3 Å². The summed E-state index contributed by atoms with van der Waals surface area (Å²) in [4.78, 5) is 4.03. The maximum Gasteiger partial charge on any atom is 0.145 e. The van der Waals surface area contributed by atoms with E-state index in [0.717, 1.165) is 10.6 Å². The van der Waals surface area contributed by atoms with E-state index >= 15 is 0 Å². The van der Waals surface area contributed by atoms with Crippen molar-refractivity contribution in [3.8, 4) is 10.6 Å². The molecule has 5 heteroatoms. The van der Waals surface area contributed by atoms with Gasteiger partial charge in [-0.3, -0.25) is 0 Å². The fraction of sp³-hybridized carbons (Fsp3) is 0. The zero-order valence-electron chi connectivity index (χ0n) is 5.51. The monoisotopic (exact) mass is 164 g/mol. The van der Waals surface area contributed by atoms with Crippen molar-refractivity contribution in [3.63, 3.8) is 0 Å². The Morgan fingerprint density at radius 2 is 2.27 bits per heavy atom. The SMILES string of the molecule is c1cc(-c2ncns2)cnn1. The summed E-state index contributed by atoms with van der Waals surface area (Å²) in [5, 5.41) is 8.27. The summed E-state index contributed by atoms with van der Waals surface area (Å²) in [6.07, 6.45) is 4.83. The van der Waals surface area contributed by atoms with Gasteiger partial charge in [0.2, 0.25) is 0 Å². The molecular formula is C6H4N4S. The van der Waals surface area contributed by atoms with E-state index in [0.29, 0.717) is 0 Å². The largest absolute Gasteiger partial charge is 0.223 e. The molecule has 0 fully saturated rings. The highest BCUT2D eigenvalue weighted by molar-refractivity contribution is 7.09. The lowest BCUT2D eigenvalue weighted by molar-refractivity contribution is 1.03. The molecule has 2 aromatic rings. The Morgan fingerprint density at radius 1 is 1.27 bits per heavy atom. The average Bonchev–Trinajstić information content (AvgIpc) is 2.58. The maximum atomic E-state index is 4.03. The van der Waals surface area contributed by atoms with Gasteiger partial charge in [-0.05, 0) is 17.6 Å². The van der Waals surface area contributed by atoms with E-state index < -0.39 is 0 Å². The first-order valence-electron chi connectivity index (χ1n) is 3.00. The summed E-state index contributed by atoms with van der Waals surface area (Å²) in [5.41, 5.74) is 0.961. The van der Waals surface area contributed by atoms with Gasteiger partial charge in [0.15, 0.2) is 0 Å². The quantitative estimate of drug-likeness (QED) is 0.630. The van der Waals surface area contributed by atoms with Crippen LogP contribution in [0.1, 0.15) is 0 Å². The van der Waals surface area contributed by atoms with E-state index in [4.69, 9.17) is 0 Å². The number of nitrogens with zero attached hydrogens (tertiary/aromatic N) is 4. The predicted octanol–water partition coefficient (Wildman–Crippen LogP) is 0.995. The molecule has 0 unspecified atom stereocenters. The van der Waals surface area contributed by atoms with Crippen molar-refractivity contribution in [3.05, 3.63) is 24.8 Å². The lowest BCUT2D eigenvalue weighted by atomic mass is 10.3. The molecule has 2 rings (SSSR count). The molecule has 0 saturated heterocycles. The molecule has 0 aliphatic carbocycles. The van der Waals surface area contributed by atoms with Crippen LogP contribution in [0.2, 0.25) is 0 Å². The van der Waals surface area contributed by atoms with E-state index in [9.17, 15) is 0 Å². The van der Waals surface area contributed by atoms with E-state index in [1.165, 1.54) is 17.9 Å². The predicted molar refractivity (Wildman–Crippen MR) is 40.9 cm³/mol. The summed E-state index contributed by atoms with van der Waals surface area (Å²) in [6.45, 7) is 0. The Hall–Kier alpha value is -1.36. The second-order valence-corrected chi connectivity index (χ2v) is 2.66. The minimum absolute atomic E-state index is 0.875. The van der Waals surface area contributed by atoms with Gasteiger partial charge in [-0.25, -0.2) is 4.98 Å². The zero-order valence-corrected chi connectivity index (χ0v) is 6.32. The third kappa shape index (κ3) is 1.22. The number of hydrogen-bond donors (Lipinski definition) is 0. The Bertz CT molecular complexity index is 318. The second kappa shape index (κ2) is 2.71. The van der Waals surface area contributed by atoms with Gasteiger partial charge in [-0.1, -0.05) is 0 Å². The fourth-order valence-corrected chi connectivity index (χ4v) is 1.23. The van der Waals surface area contributed by atoms with Crippen LogP contribution in [0.5, 0.6) is 0 Å². The molecule has 0 aliphatic heterocycles. The second-order valence-electron chi connectivity index (χ2n) is 1.88. The minimum Gasteiger partial charge on any atom is -0.223 e. The Morgan fingerprint density at radius 3 is 2.91 bits per heavy atom. The molecule has 0 aromatic carbocycles. The van der Waals surface area contributed by atoms with Crippen LogP contribution < -0.4 is 0 Å². The summed E-state index contributed by atoms with van der Waals surface area (Å²) < 4.78 is 3.88. The molecule has 0 saturated carbocycles. The molecule has 0 bridgehead atoms. The molecule has 0 N–H and O–H groups in total. The van der Waals surface area contributed by atoms with Crippen LogP contribution in [-0.4, -0.2) is 19.6 Å². The smallest absolute Gasteiger partial charge is 0.145 e. The topological polar surface area (TPSA) is 51.6 Å². The van der Waals surface area contributed by atoms with Gasteiger partial charge in [-0.15, -0.1) is 0 Å². The first-order valence-corrected chi connectivity index (χ1v) is 3.78. The van der Waals surface area contributed by atoms with Gasteiger partial charge < -0.3 is 0 Å². The minimum atomic E-state index is 0.875. The molecule has 54 valence electrons. The van der Waals surface area contributed by atoms with Crippen LogP contribution in [0.15, 0.2) is 24.8 Å². The standard InChI is InChI=1S/C6H4N4S/c1-2-8-9-3-5(1)6-7-4-10-11-6/h1-4H. The lowest BCUT2D eigenvalue weighted by Crippen LogP contribution is -1.79. The van der Waals surface area contributed by atoms with Gasteiger partial charge in [0.05, 0.1) is 12.4 Å². The summed E-state index contributed by atoms with van der Waals surface area (Å²) >= 11 is 1.35. The first-order chi connectivity index (χ1) is 5.47. The molecule has 0 spiro atoms. The van der Waals surface area contributed by atoms with Gasteiger partial charge in [0.25, 0.3) is 0 Å². The van der Waals surface area contributed by atoms with Crippen LogP contribution in [-0.2, 0) is 0 Å². The maximum absolute atomic E-state index is 4.03. The summed E-state index contributed by atoms with van der Waals surface area (Å²) in [5.74, 6) is 0. The fourth-order valence-electron chi connectivity index (χ4n) is 0.718. The van der Waals surface area contributed by atoms with Gasteiger partial charge in [-0.2, -0.15) is 14.6 Å². The van der Waals surface area contributed by atoms with Crippen LogP contribution in [0.3, 0.4) is 0 Å². The Kier molecular flexibility index (Phi) is 1.57. The van der Waals surface area contributed by atoms with E-state index in [-0.39, 0.29) is 0 Å². The molecule has 0 amide bonds. The average molecular weight is 164 g/mol. The molecule has 4 nitrogen and oxygen atoms in total. The van der Waals surface area contributed by atoms with Crippen LogP contribution in [0, 0.1) is 0 Å². The molecule has 0 aliphatic rings. The summed E-state index contributed by atoms with van der Waals surface area (Å²) in [6, 6.07) is 1.85. The Balaban J connectivity index is 2.46. The highest BCUT2D eigenvalue weighted by atomic mass is 32.1. The van der Waals surface area contributed by atoms with E-state index in [2.05, 4.69) is 19.6 Å². The molecule has 2 heterocycles. The van der Waals surface area contributed by atoms with Crippen molar-refractivity contribution in [2.45, 2.75) is 0 Å². The molecule has 2 aromatic heterocycles. The van der Waals surface area contributed by atoms with Crippen LogP contribution >= 0.6 is 11.5 Å². The zero-order chi connectivity index (χ0) is 7.52. The number of hydrogen-bond acceptors (Lipinski definition) is 5. The van der Waals surface area contributed by atoms with Crippen molar-refractivity contribution >= 4 is 11.5 Å². The van der Waals surface area contributed by atoms with Crippen molar-refractivity contribution in [2.75, 3.05) is 0 Å². The lowest BCUT2D eigenvalue weighted by Gasteiger charge is -1.89. The van der Waals surface area contributed by atoms with Crippen LogP contribution in [0.25, 0.3) is 10.6 Å². The highest BCUT2D eigenvalue weighted by Crippen LogP contribution is 2.16. The van der Waals surface area contributed by atoms with Gasteiger partial charge in [0, 0.05) is 5.56 Å². The van der Waals surface area contributed by atoms with Gasteiger partial charge >= 0.3 is 0 Å². The first kappa shape index (κ1) is 6.36. The number of rotatable bonds is 1. The van der Waals surface area contributed by atoms with Crippen molar-refractivity contribution in [2.24, 2.45) is 0 Å². The molecule has 11 heavy (non-hydrogen) atoms. The molecule has 0 atom stereocenters.